The van der Waals surface area contributed by atoms with Crippen molar-refractivity contribution >= 4 is 5.91 Å². The molecule has 2 aliphatic heterocycles. The maximum atomic E-state index is 11.3. The van der Waals surface area contributed by atoms with Gasteiger partial charge in [-0.3, -0.25) is 4.79 Å². The molecule has 2 saturated heterocycles. The summed E-state index contributed by atoms with van der Waals surface area (Å²) in [5, 5.41) is 3.37. The summed E-state index contributed by atoms with van der Waals surface area (Å²) in [6, 6.07) is 1.10. The van der Waals surface area contributed by atoms with Gasteiger partial charge in [0.25, 0.3) is 0 Å². The number of rotatable bonds is 1. The van der Waals surface area contributed by atoms with E-state index in [1.54, 1.807) is 0 Å². The van der Waals surface area contributed by atoms with Crippen LogP contribution in [0.3, 0.4) is 0 Å². The lowest BCUT2D eigenvalue weighted by molar-refractivity contribution is -0.132. The van der Waals surface area contributed by atoms with Crippen LogP contribution in [-0.2, 0) is 4.79 Å². The van der Waals surface area contributed by atoms with E-state index >= 15 is 0 Å². The minimum Gasteiger partial charge on any atom is -0.337 e. The molecule has 0 aromatic carbocycles. The van der Waals surface area contributed by atoms with Gasteiger partial charge in [0.05, 0.1) is 0 Å². The molecule has 2 aliphatic rings. The van der Waals surface area contributed by atoms with Crippen LogP contribution in [0.1, 0.15) is 19.8 Å². The molecule has 3 nitrogen and oxygen atoms in total. The molecule has 2 bridgehead atoms. The molecule has 1 N–H and O–H groups in total. The van der Waals surface area contributed by atoms with Gasteiger partial charge in [-0.1, -0.05) is 6.92 Å². The lowest BCUT2D eigenvalue weighted by Gasteiger charge is -2.26. The Morgan fingerprint density at radius 2 is 2.55 bits per heavy atom. The quantitative estimate of drug-likeness (QED) is 0.575. The molecule has 2 rings (SSSR count). The number of amides is 1. The van der Waals surface area contributed by atoms with Crippen LogP contribution in [-0.4, -0.2) is 36.0 Å². The molecule has 11 heavy (non-hydrogen) atoms. The molecule has 2 fully saturated rings. The largest absolute Gasteiger partial charge is 0.337 e. The van der Waals surface area contributed by atoms with Crippen LogP contribution in [0.2, 0.25) is 0 Å². The first-order valence-electron chi connectivity index (χ1n) is 4.34. The Bertz CT molecular complexity index is 181. The Hall–Kier alpha value is -0.570. The van der Waals surface area contributed by atoms with Crippen molar-refractivity contribution in [1.29, 1.82) is 0 Å². The highest BCUT2D eigenvalue weighted by atomic mass is 16.2. The highest BCUT2D eigenvalue weighted by Gasteiger charge is 2.39. The smallest absolute Gasteiger partial charge is 0.222 e. The van der Waals surface area contributed by atoms with Crippen molar-refractivity contribution in [2.45, 2.75) is 31.8 Å². The van der Waals surface area contributed by atoms with E-state index in [4.69, 9.17) is 0 Å². The average molecular weight is 154 g/mol. The van der Waals surface area contributed by atoms with Crippen LogP contribution in [0.25, 0.3) is 0 Å². The van der Waals surface area contributed by atoms with Gasteiger partial charge in [-0.05, 0) is 6.42 Å². The third-order valence-electron chi connectivity index (χ3n) is 2.68. The van der Waals surface area contributed by atoms with Gasteiger partial charge in [0.15, 0.2) is 0 Å². The summed E-state index contributed by atoms with van der Waals surface area (Å²) in [4.78, 5) is 13.3. The lowest BCUT2D eigenvalue weighted by Crippen LogP contribution is -2.46. The number of fused-ring (bicyclic) bond motifs is 2. The molecule has 0 aromatic heterocycles. The van der Waals surface area contributed by atoms with Crippen molar-refractivity contribution < 1.29 is 4.79 Å². The van der Waals surface area contributed by atoms with E-state index in [1.165, 1.54) is 6.42 Å². The van der Waals surface area contributed by atoms with Crippen LogP contribution in [0.15, 0.2) is 0 Å². The summed E-state index contributed by atoms with van der Waals surface area (Å²) in [7, 11) is 0. The fourth-order valence-corrected chi connectivity index (χ4v) is 2.07. The van der Waals surface area contributed by atoms with Crippen molar-refractivity contribution in [3.05, 3.63) is 0 Å². The number of hydrogen-bond donors (Lipinski definition) is 1. The van der Waals surface area contributed by atoms with E-state index in [1.807, 2.05) is 11.8 Å². The van der Waals surface area contributed by atoms with Gasteiger partial charge in [0.1, 0.15) is 0 Å². The Morgan fingerprint density at radius 3 is 3.00 bits per heavy atom. The second-order valence-electron chi connectivity index (χ2n) is 3.39. The zero-order valence-corrected chi connectivity index (χ0v) is 6.84. The van der Waals surface area contributed by atoms with Gasteiger partial charge < -0.3 is 10.2 Å². The van der Waals surface area contributed by atoms with Crippen LogP contribution in [0.4, 0.5) is 0 Å². The molecule has 3 heteroatoms. The first-order chi connectivity index (χ1) is 5.31. The zero-order chi connectivity index (χ0) is 7.84. The van der Waals surface area contributed by atoms with E-state index in [9.17, 15) is 4.79 Å². The first-order valence-corrected chi connectivity index (χ1v) is 4.34. The minimum atomic E-state index is 0.319. The van der Waals surface area contributed by atoms with Gasteiger partial charge in [0, 0.05) is 31.6 Å². The van der Waals surface area contributed by atoms with Gasteiger partial charge in [-0.2, -0.15) is 0 Å². The summed E-state index contributed by atoms with van der Waals surface area (Å²) >= 11 is 0. The highest BCUT2D eigenvalue weighted by molar-refractivity contribution is 5.76. The molecule has 2 heterocycles. The standard InChI is InChI=1S/C8H14N2O/c1-2-8(11)10-5-6-3-7(10)4-9-6/h6-7,9H,2-5H2,1H3/t6-,7-/m0/s1. The lowest BCUT2D eigenvalue weighted by atomic mass is 10.2. The average Bonchev–Trinajstić information content (AvgIpc) is 2.62. The van der Waals surface area contributed by atoms with Gasteiger partial charge >= 0.3 is 0 Å². The zero-order valence-electron chi connectivity index (χ0n) is 6.84. The summed E-state index contributed by atoms with van der Waals surface area (Å²) in [6.45, 7) is 3.88. The van der Waals surface area contributed by atoms with Gasteiger partial charge in [-0.15, -0.1) is 0 Å². The van der Waals surface area contributed by atoms with Crippen molar-refractivity contribution in [2.24, 2.45) is 0 Å². The predicted octanol–water partition coefficient (Wildman–Crippen LogP) is -0.0309. The Morgan fingerprint density at radius 1 is 1.73 bits per heavy atom. The molecule has 62 valence electrons. The Labute approximate surface area is 66.8 Å². The molecule has 0 unspecified atom stereocenters. The second kappa shape index (κ2) is 2.48. The molecule has 0 aliphatic carbocycles. The van der Waals surface area contributed by atoms with E-state index in [-0.39, 0.29) is 0 Å². The number of piperazine rings is 1. The van der Waals surface area contributed by atoms with Gasteiger partial charge in [0.2, 0.25) is 5.91 Å². The molecule has 2 atom stereocenters. The summed E-state index contributed by atoms with van der Waals surface area (Å²) in [6.07, 6.45) is 1.83. The molecule has 1 amide bonds. The fourth-order valence-electron chi connectivity index (χ4n) is 2.07. The SMILES string of the molecule is CCC(=O)N1C[C@@H]2C[C@H]1CN2. The number of carbonyl (C=O) groups is 1. The van der Waals surface area contributed by atoms with E-state index in [0.29, 0.717) is 24.4 Å². The number of likely N-dealkylation sites (tertiary alicyclic amines) is 1. The van der Waals surface area contributed by atoms with E-state index in [0.717, 1.165) is 13.1 Å². The number of nitrogens with zero attached hydrogens (tertiary/aromatic N) is 1. The second-order valence-corrected chi connectivity index (χ2v) is 3.39. The van der Waals surface area contributed by atoms with Crippen molar-refractivity contribution in [1.82, 2.24) is 10.2 Å². The van der Waals surface area contributed by atoms with E-state index in [2.05, 4.69) is 5.32 Å². The first kappa shape index (κ1) is 7.10. The number of nitrogens with one attached hydrogen (secondary N) is 1. The molecular weight excluding hydrogens is 140 g/mol. The van der Waals surface area contributed by atoms with Crippen LogP contribution in [0, 0.1) is 0 Å². The van der Waals surface area contributed by atoms with Crippen LogP contribution < -0.4 is 5.32 Å². The van der Waals surface area contributed by atoms with Crippen molar-refractivity contribution in [3.63, 3.8) is 0 Å². The molecular formula is C8H14N2O. The minimum absolute atomic E-state index is 0.319. The predicted molar refractivity (Wildman–Crippen MR) is 42.2 cm³/mol. The Kier molecular flexibility index (Phi) is 1.60. The van der Waals surface area contributed by atoms with Crippen molar-refractivity contribution in [3.8, 4) is 0 Å². The molecule has 0 spiro atoms. The van der Waals surface area contributed by atoms with E-state index < -0.39 is 0 Å². The fraction of sp³-hybridized carbons (Fsp3) is 0.875. The normalized spacial score (nSPS) is 34.8. The third kappa shape index (κ3) is 1.03. The number of hydrogen-bond acceptors (Lipinski definition) is 2. The maximum absolute atomic E-state index is 11.3. The summed E-state index contributed by atoms with van der Waals surface area (Å²) < 4.78 is 0. The molecule has 0 radical (unpaired) electrons. The monoisotopic (exact) mass is 154 g/mol. The summed E-state index contributed by atoms with van der Waals surface area (Å²) in [5.74, 6) is 0.319. The maximum Gasteiger partial charge on any atom is 0.222 e. The highest BCUT2D eigenvalue weighted by Crippen LogP contribution is 2.23. The molecule has 0 saturated carbocycles. The summed E-state index contributed by atoms with van der Waals surface area (Å²) in [5.41, 5.74) is 0. The van der Waals surface area contributed by atoms with Crippen LogP contribution in [0.5, 0.6) is 0 Å². The molecule has 0 aromatic rings. The topological polar surface area (TPSA) is 32.3 Å². The van der Waals surface area contributed by atoms with Crippen LogP contribution >= 0.6 is 0 Å². The van der Waals surface area contributed by atoms with Crippen molar-refractivity contribution in [2.75, 3.05) is 13.1 Å². The Balaban J connectivity index is 2.02. The third-order valence-corrected chi connectivity index (χ3v) is 2.68. The van der Waals surface area contributed by atoms with Gasteiger partial charge in [-0.25, -0.2) is 0 Å². The number of carbonyl (C=O) groups excluding carboxylic acids is 1.